The monoisotopic (exact) mass is 208 g/mol. The van der Waals surface area contributed by atoms with Crippen LogP contribution in [0.25, 0.3) is 0 Å². The third-order valence-electron chi connectivity index (χ3n) is 3.52. The van der Waals surface area contributed by atoms with E-state index in [0.29, 0.717) is 17.4 Å². The number of aliphatic hydroxyl groups is 1. The van der Waals surface area contributed by atoms with Gasteiger partial charge < -0.3 is 5.11 Å². The van der Waals surface area contributed by atoms with Crippen LogP contribution in [-0.2, 0) is 0 Å². The Labute approximate surface area is 89.9 Å². The highest BCUT2D eigenvalue weighted by molar-refractivity contribution is 5.19. The van der Waals surface area contributed by atoms with Gasteiger partial charge in [0.1, 0.15) is 5.82 Å². The minimum atomic E-state index is -0.502. The Morgan fingerprint density at radius 2 is 2.20 bits per heavy atom. The zero-order valence-electron chi connectivity index (χ0n) is 8.99. The van der Waals surface area contributed by atoms with Crippen molar-refractivity contribution in [3.8, 4) is 0 Å². The quantitative estimate of drug-likeness (QED) is 0.790. The van der Waals surface area contributed by atoms with Crippen LogP contribution >= 0.6 is 0 Å². The van der Waals surface area contributed by atoms with Gasteiger partial charge in [0.25, 0.3) is 0 Å². The van der Waals surface area contributed by atoms with Crippen LogP contribution < -0.4 is 0 Å². The molecule has 3 unspecified atom stereocenters. The molecular formula is C13H17FO. The molecule has 1 N–H and O–H groups in total. The standard InChI is InChI=1S/C13H17FO/c1-9-4-2-7-12(9)13(15)10-5-3-6-11(14)8-10/h3,5-6,8-9,12-13,15H,2,4,7H2,1H3. The van der Waals surface area contributed by atoms with E-state index in [9.17, 15) is 9.50 Å². The highest BCUT2D eigenvalue weighted by atomic mass is 19.1. The van der Waals surface area contributed by atoms with Crippen molar-refractivity contribution in [2.75, 3.05) is 0 Å². The molecule has 1 aliphatic carbocycles. The van der Waals surface area contributed by atoms with Gasteiger partial charge in [-0.1, -0.05) is 31.9 Å². The number of benzene rings is 1. The minimum absolute atomic E-state index is 0.266. The molecule has 1 saturated carbocycles. The van der Waals surface area contributed by atoms with Gasteiger partial charge in [-0.15, -0.1) is 0 Å². The van der Waals surface area contributed by atoms with Crippen molar-refractivity contribution < 1.29 is 9.50 Å². The van der Waals surface area contributed by atoms with Crippen LogP contribution in [0.1, 0.15) is 37.9 Å². The van der Waals surface area contributed by atoms with Crippen molar-refractivity contribution in [3.63, 3.8) is 0 Å². The van der Waals surface area contributed by atoms with Gasteiger partial charge in [0.15, 0.2) is 0 Å². The summed E-state index contributed by atoms with van der Waals surface area (Å²) < 4.78 is 13.0. The maximum Gasteiger partial charge on any atom is 0.123 e. The molecule has 2 rings (SSSR count). The van der Waals surface area contributed by atoms with E-state index in [1.165, 1.54) is 25.0 Å². The normalized spacial score (nSPS) is 27.9. The molecule has 3 atom stereocenters. The summed E-state index contributed by atoms with van der Waals surface area (Å²) in [7, 11) is 0. The lowest BCUT2D eigenvalue weighted by Gasteiger charge is -2.22. The van der Waals surface area contributed by atoms with E-state index in [2.05, 4.69) is 6.92 Å². The number of halogens is 1. The molecule has 15 heavy (non-hydrogen) atoms. The first kappa shape index (κ1) is 10.6. The summed E-state index contributed by atoms with van der Waals surface area (Å²) in [6.07, 6.45) is 2.91. The van der Waals surface area contributed by atoms with Gasteiger partial charge >= 0.3 is 0 Å². The van der Waals surface area contributed by atoms with E-state index < -0.39 is 6.10 Å². The average Bonchev–Trinajstić information content (AvgIpc) is 2.63. The molecule has 1 fully saturated rings. The Kier molecular flexibility index (Phi) is 3.06. The SMILES string of the molecule is CC1CCCC1C(O)c1cccc(F)c1. The molecular weight excluding hydrogens is 191 g/mol. The molecule has 0 aromatic heterocycles. The van der Waals surface area contributed by atoms with Crippen LogP contribution in [0, 0.1) is 17.7 Å². The van der Waals surface area contributed by atoms with Gasteiger partial charge in [-0.2, -0.15) is 0 Å². The van der Waals surface area contributed by atoms with Gasteiger partial charge in [0, 0.05) is 0 Å². The first-order valence-corrected chi connectivity index (χ1v) is 5.62. The van der Waals surface area contributed by atoms with Crippen molar-refractivity contribution in [3.05, 3.63) is 35.6 Å². The van der Waals surface area contributed by atoms with Crippen molar-refractivity contribution in [2.45, 2.75) is 32.3 Å². The fourth-order valence-corrected chi connectivity index (χ4v) is 2.58. The molecule has 0 aliphatic heterocycles. The first-order chi connectivity index (χ1) is 7.18. The minimum Gasteiger partial charge on any atom is -0.388 e. The van der Waals surface area contributed by atoms with Crippen molar-refractivity contribution in [2.24, 2.45) is 11.8 Å². The largest absolute Gasteiger partial charge is 0.388 e. The van der Waals surface area contributed by atoms with Gasteiger partial charge in [-0.05, 0) is 36.0 Å². The zero-order chi connectivity index (χ0) is 10.8. The van der Waals surface area contributed by atoms with Crippen LogP contribution in [0.15, 0.2) is 24.3 Å². The molecule has 1 aromatic rings. The van der Waals surface area contributed by atoms with Crippen LogP contribution in [0.2, 0.25) is 0 Å². The Hall–Kier alpha value is -0.890. The second-order valence-corrected chi connectivity index (χ2v) is 4.57. The summed E-state index contributed by atoms with van der Waals surface area (Å²) in [6, 6.07) is 6.32. The summed E-state index contributed by atoms with van der Waals surface area (Å²) in [5.74, 6) is 0.576. The Morgan fingerprint density at radius 1 is 1.40 bits per heavy atom. The molecule has 1 aliphatic rings. The maximum atomic E-state index is 13.0. The third kappa shape index (κ3) is 2.20. The molecule has 2 heteroatoms. The highest BCUT2D eigenvalue weighted by Gasteiger charge is 2.30. The van der Waals surface area contributed by atoms with Crippen molar-refractivity contribution in [1.29, 1.82) is 0 Å². The predicted molar refractivity (Wildman–Crippen MR) is 57.9 cm³/mol. The molecule has 0 saturated heterocycles. The van der Waals surface area contributed by atoms with Gasteiger partial charge in [-0.25, -0.2) is 4.39 Å². The lowest BCUT2D eigenvalue weighted by molar-refractivity contribution is 0.0897. The van der Waals surface area contributed by atoms with E-state index in [4.69, 9.17) is 0 Å². The maximum absolute atomic E-state index is 13.0. The van der Waals surface area contributed by atoms with Crippen molar-refractivity contribution in [1.82, 2.24) is 0 Å². The number of rotatable bonds is 2. The molecule has 1 aromatic carbocycles. The van der Waals surface area contributed by atoms with Crippen molar-refractivity contribution >= 4 is 0 Å². The van der Waals surface area contributed by atoms with Crippen LogP contribution in [0.5, 0.6) is 0 Å². The third-order valence-corrected chi connectivity index (χ3v) is 3.52. The average molecular weight is 208 g/mol. The van der Waals surface area contributed by atoms with Gasteiger partial charge in [-0.3, -0.25) is 0 Å². The second-order valence-electron chi connectivity index (χ2n) is 4.57. The summed E-state index contributed by atoms with van der Waals surface area (Å²) >= 11 is 0. The molecule has 0 radical (unpaired) electrons. The smallest absolute Gasteiger partial charge is 0.123 e. The molecule has 0 spiro atoms. The molecule has 0 heterocycles. The van der Waals surface area contributed by atoms with E-state index in [1.807, 2.05) is 0 Å². The summed E-state index contributed by atoms with van der Waals surface area (Å²) in [4.78, 5) is 0. The lowest BCUT2D eigenvalue weighted by atomic mass is 9.88. The first-order valence-electron chi connectivity index (χ1n) is 5.62. The van der Waals surface area contributed by atoms with Crippen LogP contribution in [0.3, 0.4) is 0 Å². The Bertz CT molecular complexity index is 337. The zero-order valence-corrected chi connectivity index (χ0v) is 8.99. The molecule has 0 amide bonds. The van der Waals surface area contributed by atoms with Crippen LogP contribution in [0.4, 0.5) is 4.39 Å². The summed E-state index contributed by atoms with van der Waals surface area (Å²) in [5.41, 5.74) is 0.716. The van der Waals surface area contributed by atoms with Gasteiger partial charge in [0.05, 0.1) is 6.10 Å². The Morgan fingerprint density at radius 3 is 2.80 bits per heavy atom. The highest BCUT2D eigenvalue weighted by Crippen LogP contribution is 2.39. The molecule has 1 nitrogen and oxygen atoms in total. The number of hydrogen-bond donors (Lipinski definition) is 1. The number of hydrogen-bond acceptors (Lipinski definition) is 1. The molecule has 0 bridgehead atoms. The van der Waals surface area contributed by atoms with E-state index in [-0.39, 0.29) is 5.82 Å². The fourth-order valence-electron chi connectivity index (χ4n) is 2.58. The topological polar surface area (TPSA) is 20.2 Å². The Balaban J connectivity index is 2.16. The fraction of sp³-hybridized carbons (Fsp3) is 0.538. The van der Waals surface area contributed by atoms with E-state index >= 15 is 0 Å². The summed E-state index contributed by atoms with van der Waals surface area (Å²) in [6.45, 7) is 2.17. The van der Waals surface area contributed by atoms with E-state index in [1.54, 1.807) is 12.1 Å². The molecule has 82 valence electrons. The second kappa shape index (κ2) is 4.31. The lowest BCUT2D eigenvalue weighted by Crippen LogP contribution is -2.15. The van der Waals surface area contributed by atoms with Crippen LogP contribution in [-0.4, -0.2) is 5.11 Å². The van der Waals surface area contributed by atoms with Gasteiger partial charge in [0.2, 0.25) is 0 Å². The predicted octanol–water partition coefficient (Wildman–Crippen LogP) is 3.30. The van der Waals surface area contributed by atoms with E-state index in [0.717, 1.165) is 6.42 Å². The summed E-state index contributed by atoms with van der Waals surface area (Å²) in [5, 5.41) is 10.1. The number of aliphatic hydroxyl groups excluding tert-OH is 1.